The van der Waals surface area contributed by atoms with E-state index in [4.69, 9.17) is 4.42 Å². The largest absolute Gasteiger partial charge is 0.448 e. The quantitative estimate of drug-likeness (QED) is 0.587. The third-order valence-electron chi connectivity index (χ3n) is 4.47. The standard InChI is InChI=1S/C20H15F2N3O3/c1-11(13-7-6-12(21)8-15(13)22)24-17(26)9-25-10-23-18-14-4-2-3-5-16(14)28-19(18)20(25)27/h2-8,10-11H,9H2,1H3,(H,24,26). The van der Waals surface area contributed by atoms with Crippen molar-refractivity contribution in [3.8, 4) is 0 Å². The van der Waals surface area contributed by atoms with Crippen LogP contribution in [0, 0.1) is 11.6 Å². The third-order valence-corrected chi connectivity index (χ3v) is 4.47. The van der Waals surface area contributed by atoms with Gasteiger partial charge in [-0.25, -0.2) is 13.8 Å². The second-order valence-corrected chi connectivity index (χ2v) is 6.41. The second kappa shape index (κ2) is 6.88. The molecule has 28 heavy (non-hydrogen) atoms. The smallest absolute Gasteiger partial charge is 0.297 e. The molecule has 0 aliphatic rings. The van der Waals surface area contributed by atoms with Crippen molar-refractivity contribution in [3.05, 3.63) is 76.3 Å². The first-order valence-corrected chi connectivity index (χ1v) is 8.55. The highest BCUT2D eigenvalue weighted by Crippen LogP contribution is 2.24. The van der Waals surface area contributed by atoms with Crippen molar-refractivity contribution in [1.29, 1.82) is 0 Å². The number of hydrogen-bond donors (Lipinski definition) is 1. The first kappa shape index (κ1) is 17.8. The molecule has 1 N–H and O–H groups in total. The Bertz CT molecular complexity index is 1260. The summed E-state index contributed by atoms with van der Waals surface area (Å²) in [6.45, 7) is 1.25. The average molecular weight is 383 g/mol. The molecule has 1 amide bonds. The molecule has 2 heterocycles. The molecule has 142 valence electrons. The van der Waals surface area contributed by atoms with E-state index in [0.29, 0.717) is 16.5 Å². The Kier molecular flexibility index (Phi) is 4.38. The van der Waals surface area contributed by atoms with Crippen molar-refractivity contribution in [3.63, 3.8) is 0 Å². The van der Waals surface area contributed by atoms with E-state index in [9.17, 15) is 18.4 Å². The van der Waals surface area contributed by atoms with Crippen LogP contribution in [0.1, 0.15) is 18.5 Å². The highest BCUT2D eigenvalue weighted by atomic mass is 19.1. The van der Waals surface area contributed by atoms with Gasteiger partial charge in [0.1, 0.15) is 29.3 Å². The van der Waals surface area contributed by atoms with Crippen LogP contribution >= 0.6 is 0 Å². The number of halogens is 2. The molecular weight excluding hydrogens is 368 g/mol. The molecule has 2 aromatic heterocycles. The van der Waals surface area contributed by atoms with E-state index < -0.39 is 29.1 Å². The van der Waals surface area contributed by atoms with Crippen LogP contribution < -0.4 is 10.9 Å². The molecule has 6 nitrogen and oxygen atoms in total. The van der Waals surface area contributed by atoms with Gasteiger partial charge in [0.15, 0.2) is 0 Å². The van der Waals surface area contributed by atoms with Crippen LogP contribution in [0.2, 0.25) is 0 Å². The van der Waals surface area contributed by atoms with E-state index >= 15 is 0 Å². The number of para-hydroxylation sites is 1. The van der Waals surface area contributed by atoms with Crippen LogP contribution in [0.25, 0.3) is 22.1 Å². The highest BCUT2D eigenvalue weighted by Gasteiger charge is 2.17. The molecule has 0 radical (unpaired) electrons. The number of aromatic nitrogens is 2. The van der Waals surface area contributed by atoms with Gasteiger partial charge in [-0.1, -0.05) is 18.2 Å². The monoisotopic (exact) mass is 383 g/mol. The van der Waals surface area contributed by atoms with Crippen molar-refractivity contribution < 1.29 is 18.0 Å². The number of furan rings is 1. The first-order valence-electron chi connectivity index (χ1n) is 8.55. The number of nitrogens with zero attached hydrogens (tertiary/aromatic N) is 2. The van der Waals surface area contributed by atoms with E-state index in [1.54, 1.807) is 25.1 Å². The Morgan fingerprint density at radius 3 is 2.82 bits per heavy atom. The Labute approximate surface area is 157 Å². The molecule has 8 heteroatoms. The maximum atomic E-state index is 13.8. The van der Waals surface area contributed by atoms with Crippen molar-refractivity contribution in [2.24, 2.45) is 0 Å². The topological polar surface area (TPSA) is 77.1 Å². The van der Waals surface area contributed by atoms with Gasteiger partial charge in [-0.2, -0.15) is 0 Å². The Morgan fingerprint density at radius 1 is 1.25 bits per heavy atom. The summed E-state index contributed by atoms with van der Waals surface area (Å²) in [5.74, 6) is -1.97. The predicted molar refractivity (Wildman–Crippen MR) is 98.7 cm³/mol. The van der Waals surface area contributed by atoms with Crippen molar-refractivity contribution in [1.82, 2.24) is 14.9 Å². The van der Waals surface area contributed by atoms with Crippen LogP contribution in [0.3, 0.4) is 0 Å². The fourth-order valence-corrected chi connectivity index (χ4v) is 3.10. The molecular formula is C20H15F2N3O3. The lowest BCUT2D eigenvalue weighted by molar-refractivity contribution is -0.122. The minimum Gasteiger partial charge on any atom is -0.448 e. The zero-order chi connectivity index (χ0) is 19.8. The lowest BCUT2D eigenvalue weighted by atomic mass is 10.1. The van der Waals surface area contributed by atoms with Gasteiger partial charge in [0.05, 0.1) is 12.4 Å². The molecule has 0 aliphatic heterocycles. The summed E-state index contributed by atoms with van der Waals surface area (Å²) >= 11 is 0. The van der Waals surface area contributed by atoms with Crippen molar-refractivity contribution in [2.45, 2.75) is 19.5 Å². The van der Waals surface area contributed by atoms with Crippen LogP contribution in [0.5, 0.6) is 0 Å². The van der Waals surface area contributed by atoms with E-state index in [-0.39, 0.29) is 17.7 Å². The summed E-state index contributed by atoms with van der Waals surface area (Å²) in [4.78, 5) is 29.2. The Hall–Kier alpha value is -3.55. The Balaban J connectivity index is 1.57. The number of benzene rings is 2. The summed E-state index contributed by atoms with van der Waals surface area (Å²) < 4.78 is 33.6. The van der Waals surface area contributed by atoms with Gasteiger partial charge >= 0.3 is 0 Å². The van der Waals surface area contributed by atoms with Gasteiger partial charge in [0.2, 0.25) is 11.5 Å². The number of carbonyl (C=O) groups excluding carboxylic acids is 1. The molecule has 0 fully saturated rings. The van der Waals surface area contributed by atoms with Crippen LogP contribution in [0.4, 0.5) is 8.78 Å². The zero-order valence-corrected chi connectivity index (χ0v) is 14.8. The zero-order valence-electron chi connectivity index (χ0n) is 14.8. The van der Waals surface area contributed by atoms with Gasteiger partial charge in [-0.05, 0) is 25.1 Å². The van der Waals surface area contributed by atoms with Gasteiger partial charge in [0.25, 0.3) is 5.56 Å². The molecule has 2 aromatic carbocycles. The van der Waals surface area contributed by atoms with E-state index in [0.717, 1.165) is 16.7 Å². The molecule has 0 spiro atoms. The first-order chi connectivity index (χ1) is 13.4. The number of nitrogens with one attached hydrogen (secondary N) is 1. The molecule has 0 saturated heterocycles. The van der Waals surface area contributed by atoms with Crippen molar-refractivity contribution in [2.75, 3.05) is 0 Å². The lowest BCUT2D eigenvalue weighted by Gasteiger charge is -2.15. The lowest BCUT2D eigenvalue weighted by Crippen LogP contribution is -2.34. The highest BCUT2D eigenvalue weighted by molar-refractivity contribution is 6.01. The molecule has 0 saturated carbocycles. The number of rotatable bonds is 4. The van der Waals surface area contributed by atoms with Gasteiger partial charge < -0.3 is 9.73 Å². The van der Waals surface area contributed by atoms with Gasteiger partial charge in [-0.3, -0.25) is 14.2 Å². The van der Waals surface area contributed by atoms with Crippen LogP contribution in [0.15, 0.2) is 58.0 Å². The summed E-state index contributed by atoms with van der Waals surface area (Å²) in [7, 11) is 0. The third kappa shape index (κ3) is 3.13. The molecule has 0 aliphatic carbocycles. The summed E-state index contributed by atoms with van der Waals surface area (Å²) in [6, 6.07) is 9.56. The Morgan fingerprint density at radius 2 is 2.04 bits per heavy atom. The molecule has 4 rings (SSSR count). The number of carbonyl (C=O) groups is 1. The second-order valence-electron chi connectivity index (χ2n) is 6.41. The minimum absolute atomic E-state index is 0.0640. The molecule has 4 aromatic rings. The maximum absolute atomic E-state index is 13.8. The fourth-order valence-electron chi connectivity index (χ4n) is 3.10. The normalized spacial score (nSPS) is 12.4. The number of fused-ring (bicyclic) bond motifs is 3. The average Bonchev–Trinajstić information content (AvgIpc) is 3.03. The van der Waals surface area contributed by atoms with Gasteiger partial charge in [0, 0.05) is 17.0 Å². The minimum atomic E-state index is -0.754. The van der Waals surface area contributed by atoms with E-state index in [1.807, 2.05) is 6.07 Å². The molecule has 1 unspecified atom stereocenters. The number of hydrogen-bond acceptors (Lipinski definition) is 4. The maximum Gasteiger partial charge on any atom is 0.297 e. The fraction of sp³-hybridized carbons (Fsp3) is 0.150. The van der Waals surface area contributed by atoms with Crippen molar-refractivity contribution >= 4 is 28.0 Å². The molecule has 1 atom stereocenters. The summed E-state index contributed by atoms with van der Waals surface area (Å²) in [6.07, 6.45) is 1.27. The summed E-state index contributed by atoms with van der Waals surface area (Å²) in [5.41, 5.74) is 0.683. The van der Waals surface area contributed by atoms with E-state index in [2.05, 4.69) is 10.3 Å². The van der Waals surface area contributed by atoms with Crippen LogP contribution in [-0.2, 0) is 11.3 Å². The predicted octanol–water partition coefficient (Wildman–Crippen LogP) is 3.30. The SMILES string of the molecule is CC(NC(=O)Cn1cnc2c(oc3ccccc32)c1=O)c1ccc(F)cc1F. The van der Waals surface area contributed by atoms with Gasteiger partial charge in [-0.15, -0.1) is 0 Å². The van der Waals surface area contributed by atoms with Crippen LogP contribution in [-0.4, -0.2) is 15.5 Å². The summed E-state index contributed by atoms with van der Waals surface area (Å²) in [5, 5.41) is 3.30. The van der Waals surface area contributed by atoms with E-state index in [1.165, 1.54) is 12.4 Å². The number of amides is 1. The molecule has 0 bridgehead atoms.